The van der Waals surface area contributed by atoms with Gasteiger partial charge < -0.3 is 5.73 Å². The number of nitrogens with two attached hydrogens (primary N) is 1. The number of rotatable bonds is 4. The van der Waals surface area contributed by atoms with Crippen molar-refractivity contribution in [1.29, 1.82) is 0 Å². The number of hydrogen-bond acceptors (Lipinski definition) is 4. The first-order valence-electron chi connectivity index (χ1n) is 5.29. The first-order valence-corrected chi connectivity index (χ1v) is 6.90. The van der Waals surface area contributed by atoms with Crippen LogP contribution in [0, 0.1) is 11.6 Å². The minimum Gasteiger partial charge on any atom is -0.330 e. The Morgan fingerprint density at radius 2 is 1.89 bits per heavy atom. The van der Waals surface area contributed by atoms with Gasteiger partial charge in [-0.2, -0.15) is 0 Å². The molecule has 1 heterocycles. The van der Waals surface area contributed by atoms with Crippen LogP contribution in [0.25, 0.3) is 10.6 Å². The van der Waals surface area contributed by atoms with E-state index < -0.39 is 11.6 Å². The zero-order chi connectivity index (χ0) is 13.1. The molecule has 0 radical (unpaired) electrons. The standard InChI is InChI=1S/C11H10BrF2N3S/c12-6-4-7(13)10(8(14)5-6)11-17-16-9(18-11)2-1-3-15/h4-5H,1-3,15H2. The molecule has 0 amide bonds. The molecule has 0 aliphatic carbocycles. The second-order valence-corrected chi connectivity index (χ2v) is 5.62. The Hall–Kier alpha value is -0.920. The predicted octanol–water partition coefficient (Wildman–Crippen LogP) is 3.14. The highest BCUT2D eigenvalue weighted by Gasteiger charge is 2.17. The molecule has 0 atom stereocenters. The van der Waals surface area contributed by atoms with E-state index in [2.05, 4.69) is 26.1 Å². The van der Waals surface area contributed by atoms with E-state index in [1.807, 2.05) is 0 Å². The van der Waals surface area contributed by atoms with Crippen LogP contribution in [0.3, 0.4) is 0 Å². The van der Waals surface area contributed by atoms with Gasteiger partial charge in [-0.3, -0.25) is 0 Å². The van der Waals surface area contributed by atoms with Crippen LogP contribution in [0.1, 0.15) is 11.4 Å². The van der Waals surface area contributed by atoms with Gasteiger partial charge in [-0.25, -0.2) is 8.78 Å². The van der Waals surface area contributed by atoms with Crippen LogP contribution < -0.4 is 5.73 Å². The van der Waals surface area contributed by atoms with Gasteiger partial charge in [0.2, 0.25) is 0 Å². The second-order valence-electron chi connectivity index (χ2n) is 3.64. The quantitative estimate of drug-likeness (QED) is 0.935. The van der Waals surface area contributed by atoms with Gasteiger partial charge in [0, 0.05) is 10.9 Å². The normalized spacial score (nSPS) is 10.9. The Labute approximate surface area is 115 Å². The number of aromatic nitrogens is 2. The van der Waals surface area contributed by atoms with E-state index in [9.17, 15) is 8.78 Å². The van der Waals surface area contributed by atoms with Crippen LogP contribution in [-0.2, 0) is 6.42 Å². The molecule has 2 N–H and O–H groups in total. The lowest BCUT2D eigenvalue weighted by Gasteiger charge is -2.01. The monoisotopic (exact) mass is 333 g/mol. The van der Waals surface area contributed by atoms with Gasteiger partial charge in [0.05, 0.1) is 5.56 Å². The summed E-state index contributed by atoms with van der Waals surface area (Å²) in [5.74, 6) is -1.30. The highest BCUT2D eigenvalue weighted by atomic mass is 79.9. The fourth-order valence-corrected chi connectivity index (χ4v) is 2.79. The zero-order valence-corrected chi connectivity index (χ0v) is 11.7. The molecule has 7 heteroatoms. The second kappa shape index (κ2) is 5.81. The summed E-state index contributed by atoms with van der Waals surface area (Å²) in [5.41, 5.74) is 5.26. The van der Waals surface area contributed by atoms with Crippen LogP contribution in [0.2, 0.25) is 0 Å². The molecular weight excluding hydrogens is 324 g/mol. The molecule has 2 aromatic rings. The smallest absolute Gasteiger partial charge is 0.153 e. The Morgan fingerprint density at radius 3 is 2.50 bits per heavy atom. The maximum Gasteiger partial charge on any atom is 0.153 e. The summed E-state index contributed by atoms with van der Waals surface area (Å²) < 4.78 is 27.8. The van der Waals surface area contributed by atoms with Crippen molar-refractivity contribution >= 4 is 27.3 Å². The summed E-state index contributed by atoms with van der Waals surface area (Å²) in [5, 5.41) is 8.71. The lowest BCUT2D eigenvalue weighted by molar-refractivity contribution is 0.587. The molecule has 0 unspecified atom stereocenters. The fourth-order valence-electron chi connectivity index (χ4n) is 1.46. The summed E-state index contributed by atoms with van der Waals surface area (Å²) in [6, 6.07) is 2.42. The van der Waals surface area contributed by atoms with Crippen molar-refractivity contribution in [3.63, 3.8) is 0 Å². The van der Waals surface area contributed by atoms with Crippen LogP contribution in [0.4, 0.5) is 8.78 Å². The number of benzene rings is 1. The molecule has 1 aromatic carbocycles. The van der Waals surface area contributed by atoms with Crippen molar-refractivity contribution in [2.24, 2.45) is 5.73 Å². The van der Waals surface area contributed by atoms with Crippen LogP contribution in [0.5, 0.6) is 0 Å². The van der Waals surface area contributed by atoms with Crippen LogP contribution in [-0.4, -0.2) is 16.7 Å². The molecular formula is C11H10BrF2N3S. The molecule has 0 bridgehead atoms. The Morgan fingerprint density at radius 1 is 1.22 bits per heavy atom. The SMILES string of the molecule is NCCCc1nnc(-c2c(F)cc(Br)cc2F)s1. The minimum atomic E-state index is -0.650. The van der Waals surface area contributed by atoms with Crippen LogP contribution >= 0.6 is 27.3 Å². The third-order valence-electron chi connectivity index (χ3n) is 2.28. The molecule has 96 valence electrons. The molecule has 0 spiro atoms. The first kappa shape index (κ1) is 13.5. The number of aryl methyl sites for hydroxylation is 1. The predicted molar refractivity (Wildman–Crippen MR) is 70.3 cm³/mol. The van der Waals surface area contributed by atoms with Gasteiger partial charge in [0.1, 0.15) is 16.6 Å². The first-order chi connectivity index (χ1) is 8.61. The zero-order valence-electron chi connectivity index (χ0n) is 9.29. The molecule has 0 fully saturated rings. The van der Waals surface area contributed by atoms with E-state index in [4.69, 9.17) is 5.73 Å². The number of halogens is 3. The Balaban J connectivity index is 2.34. The van der Waals surface area contributed by atoms with E-state index in [1.165, 1.54) is 23.5 Å². The van der Waals surface area contributed by atoms with E-state index >= 15 is 0 Å². The largest absolute Gasteiger partial charge is 0.330 e. The van der Waals surface area contributed by atoms with E-state index in [0.29, 0.717) is 17.4 Å². The fraction of sp³-hybridized carbons (Fsp3) is 0.273. The minimum absolute atomic E-state index is 0.130. The van der Waals surface area contributed by atoms with Crippen molar-refractivity contribution in [3.05, 3.63) is 33.2 Å². The molecule has 1 aromatic heterocycles. The average Bonchev–Trinajstić information content (AvgIpc) is 2.73. The molecule has 3 nitrogen and oxygen atoms in total. The summed E-state index contributed by atoms with van der Waals surface area (Å²) in [4.78, 5) is 0. The molecule has 0 saturated carbocycles. The summed E-state index contributed by atoms with van der Waals surface area (Å²) in [6.07, 6.45) is 1.45. The van der Waals surface area contributed by atoms with Crippen molar-refractivity contribution in [2.45, 2.75) is 12.8 Å². The van der Waals surface area contributed by atoms with Gasteiger partial charge in [-0.1, -0.05) is 27.3 Å². The maximum atomic E-state index is 13.7. The van der Waals surface area contributed by atoms with Crippen molar-refractivity contribution in [3.8, 4) is 10.6 Å². The van der Waals surface area contributed by atoms with E-state index in [-0.39, 0.29) is 10.6 Å². The summed E-state index contributed by atoms with van der Waals surface area (Å²) in [6.45, 7) is 0.552. The van der Waals surface area contributed by atoms with E-state index in [0.717, 1.165) is 11.4 Å². The van der Waals surface area contributed by atoms with Gasteiger partial charge in [0.15, 0.2) is 5.01 Å². The Kier molecular flexibility index (Phi) is 4.36. The molecule has 2 rings (SSSR count). The summed E-state index contributed by atoms with van der Waals surface area (Å²) in [7, 11) is 0. The highest BCUT2D eigenvalue weighted by Crippen LogP contribution is 2.31. The highest BCUT2D eigenvalue weighted by molar-refractivity contribution is 9.10. The van der Waals surface area contributed by atoms with Gasteiger partial charge in [-0.05, 0) is 25.1 Å². The third-order valence-corrected chi connectivity index (χ3v) is 3.74. The van der Waals surface area contributed by atoms with Gasteiger partial charge >= 0.3 is 0 Å². The Bertz CT molecular complexity index is 536. The maximum absolute atomic E-state index is 13.7. The van der Waals surface area contributed by atoms with Gasteiger partial charge in [-0.15, -0.1) is 10.2 Å². The average molecular weight is 334 g/mol. The van der Waals surface area contributed by atoms with Crippen molar-refractivity contribution in [2.75, 3.05) is 6.54 Å². The van der Waals surface area contributed by atoms with Gasteiger partial charge in [0.25, 0.3) is 0 Å². The molecule has 0 saturated heterocycles. The van der Waals surface area contributed by atoms with Crippen molar-refractivity contribution < 1.29 is 8.78 Å². The molecule has 0 aliphatic heterocycles. The summed E-state index contributed by atoms with van der Waals surface area (Å²) >= 11 is 4.22. The van der Waals surface area contributed by atoms with Crippen LogP contribution in [0.15, 0.2) is 16.6 Å². The van der Waals surface area contributed by atoms with E-state index in [1.54, 1.807) is 0 Å². The number of nitrogens with zero attached hydrogens (tertiary/aromatic N) is 2. The molecule has 18 heavy (non-hydrogen) atoms. The van der Waals surface area contributed by atoms with Crippen molar-refractivity contribution in [1.82, 2.24) is 10.2 Å². The topological polar surface area (TPSA) is 51.8 Å². The number of hydrogen-bond donors (Lipinski definition) is 1. The lowest BCUT2D eigenvalue weighted by Crippen LogP contribution is -1.99. The molecule has 0 aliphatic rings. The third kappa shape index (κ3) is 2.90. The lowest BCUT2D eigenvalue weighted by atomic mass is 10.2.